The van der Waals surface area contributed by atoms with Crippen LogP contribution in [0.5, 0.6) is 11.5 Å². The van der Waals surface area contributed by atoms with E-state index in [9.17, 15) is 9.59 Å². The lowest BCUT2D eigenvalue weighted by molar-refractivity contribution is -0.119. The third-order valence-electron chi connectivity index (χ3n) is 3.06. The number of ether oxygens (including phenoxy) is 3. The molecular weight excluding hydrogens is 425 g/mol. The van der Waals surface area contributed by atoms with Gasteiger partial charge in [0.05, 0.1) is 19.8 Å². The van der Waals surface area contributed by atoms with Gasteiger partial charge in [-0.25, -0.2) is 4.79 Å². The maximum absolute atomic E-state index is 11.9. The summed E-state index contributed by atoms with van der Waals surface area (Å²) in [5.41, 5.74) is 0.920. The van der Waals surface area contributed by atoms with E-state index >= 15 is 0 Å². The topological polar surface area (TPSA) is 73.9 Å². The Labute approximate surface area is 153 Å². The fourth-order valence-electron chi connectivity index (χ4n) is 1.94. The third kappa shape index (κ3) is 4.85. The molecule has 6 nitrogen and oxygen atoms in total. The Morgan fingerprint density at radius 2 is 1.79 bits per heavy atom. The normalized spacial score (nSPS) is 9.96. The Morgan fingerprint density at radius 1 is 1.04 bits per heavy atom. The molecule has 0 radical (unpaired) electrons. The second kappa shape index (κ2) is 8.53. The van der Waals surface area contributed by atoms with Crippen LogP contribution < -0.4 is 14.8 Å². The van der Waals surface area contributed by atoms with Crippen LogP contribution in [0.15, 0.2) is 42.5 Å². The molecule has 126 valence electrons. The predicted molar refractivity (Wildman–Crippen MR) is 97.6 cm³/mol. The number of halogens is 1. The molecule has 0 aliphatic rings. The lowest BCUT2D eigenvalue weighted by Gasteiger charge is -2.11. The van der Waals surface area contributed by atoms with Gasteiger partial charge >= 0.3 is 5.97 Å². The van der Waals surface area contributed by atoms with Gasteiger partial charge < -0.3 is 19.5 Å². The van der Waals surface area contributed by atoms with Crippen molar-refractivity contribution in [3.05, 3.63) is 51.6 Å². The molecule has 0 fully saturated rings. The Morgan fingerprint density at radius 3 is 2.46 bits per heavy atom. The lowest BCUT2D eigenvalue weighted by atomic mass is 10.2. The summed E-state index contributed by atoms with van der Waals surface area (Å²) >= 11 is 2.10. The number of nitrogens with one attached hydrogen (secondary N) is 1. The lowest BCUT2D eigenvalue weighted by Crippen LogP contribution is -2.21. The third-order valence-corrected chi connectivity index (χ3v) is 3.73. The van der Waals surface area contributed by atoms with Crippen LogP contribution in [-0.4, -0.2) is 32.7 Å². The fraction of sp³-hybridized carbons (Fsp3) is 0.176. The van der Waals surface area contributed by atoms with Crippen LogP contribution in [0.2, 0.25) is 0 Å². The smallest absolute Gasteiger partial charge is 0.338 e. The highest BCUT2D eigenvalue weighted by Gasteiger charge is 2.12. The molecule has 0 aliphatic heterocycles. The molecule has 7 heteroatoms. The molecule has 1 amide bonds. The highest BCUT2D eigenvalue weighted by atomic mass is 127. The minimum absolute atomic E-state index is 0.376. The van der Waals surface area contributed by atoms with Gasteiger partial charge in [0, 0.05) is 15.3 Å². The molecule has 0 saturated heterocycles. The second-order valence-corrected chi connectivity index (χ2v) is 5.95. The highest BCUT2D eigenvalue weighted by Crippen LogP contribution is 2.29. The summed E-state index contributed by atoms with van der Waals surface area (Å²) in [4.78, 5) is 23.8. The van der Waals surface area contributed by atoms with Crippen LogP contribution in [0.3, 0.4) is 0 Å². The van der Waals surface area contributed by atoms with Gasteiger partial charge in [0.1, 0.15) is 0 Å². The van der Waals surface area contributed by atoms with E-state index in [-0.39, 0.29) is 6.61 Å². The molecule has 0 atom stereocenters. The first-order chi connectivity index (χ1) is 11.5. The van der Waals surface area contributed by atoms with Crippen LogP contribution in [0.25, 0.3) is 0 Å². The molecule has 0 saturated carbocycles. The highest BCUT2D eigenvalue weighted by molar-refractivity contribution is 14.1. The Bertz CT molecular complexity index is 748. The number of rotatable bonds is 6. The van der Waals surface area contributed by atoms with Gasteiger partial charge in [0.25, 0.3) is 5.91 Å². The number of hydrogen-bond donors (Lipinski definition) is 1. The van der Waals surface area contributed by atoms with Gasteiger partial charge in [-0.15, -0.1) is 0 Å². The number of amides is 1. The van der Waals surface area contributed by atoms with Crippen molar-refractivity contribution >= 4 is 40.2 Å². The first kappa shape index (κ1) is 18.1. The maximum atomic E-state index is 11.9. The molecule has 2 aromatic carbocycles. The second-order valence-electron chi connectivity index (χ2n) is 4.70. The molecule has 0 aromatic heterocycles. The van der Waals surface area contributed by atoms with E-state index in [1.54, 1.807) is 36.4 Å². The standard InChI is InChI=1S/C17H16INO5/c1-22-14-7-6-13(9-15(14)23-2)19-16(20)10-24-17(21)11-4-3-5-12(18)8-11/h3-9H,10H2,1-2H3,(H,19,20). The average Bonchev–Trinajstić information content (AvgIpc) is 2.59. The molecule has 2 rings (SSSR count). The van der Waals surface area contributed by atoms with Crippen molar-refractivity contribution in [1.29, 1.82) is 0 Å². The van der Waals surface area contributed by atoms with Crippen LogP contribution in [0.1, 0.15) is 10.4 Å². The predicted octanol–water partition coefficient (Wildman–Crippen LogP) is 3.10. The van der Waals surface area contributed by atoms with E-state index < -0.39 is 11.9 Å². The van der Waals surface area contributed by atoms with Crippen molar-refractivity contribution in [3.8, 4) is 11.5 Å². The van der Waals surface area contributed by atoms with Crippen LogP contribution in [0, 0.1) is 3.57 Å². The molecule has 1 N–H and O–H groups in total. The maximum Gasteiger partial charge on any atom is 0.338 e. The van der Waals surface area contributed by atoms with Gasteiger partial charge in [-0.05, 0) is 52.9 Å². The summed E-state index contributed by atoms with van der Waals surface area (Å²) in [6.45, 7) is -0.376. The van der Waals surface area contributed by atoms with Crippen LogP contribution in [-0.2, 0) is 9.53 Å². The fourth-order valence-corrected chi connectivity index (χ4v) is 2.48. The number of carbonyl (C=O) groups excluding carboxylic acids is 2. The molecule has 24 heavy (non-hydrogen) atoms. The SMILES string of the molecule is COc1ccc(NC(=O)COC(=O)c2cccc(I)c2)cc1OC. The van der Waals surface area contributed by atoms with Gasteiger partial charge in [0.2, 0.25) is 0 Å². The molecule has 0 unspecified atom stereocenters. The number of esters is 1. The van der Waals surface area contributed by atoms with E-state index in [1.165, 1.54) is 14.2 Å². The zero-order valence-electron chi connectivity index (χ0n) is 13.2. The van der Waals surface area contributed by atoms with E-state index in [0.717, 1.165) is 3.57 Å². The van der Waals surface area contributed by atoms with Gasteiger partial charge in [-0.1, -0.05) is 6.07 Å². The van der Waals surface area contributed by atoms with Crippen molar-refractivity contribution in [1.82, 2.24) is 0 Å². The summed E-state index contributed by atoms with van der Waals surface area (Å²) < 4.78 is 16.2. The monoisotopic (exact) mass is 441 g/mol. The molecule has 0 aliphatic carbocycles. The molecule has 2 aromatic rings. The number of anilines is 1. The summed E-state index contributed by atoms with van der Waals surface area (Å²) in [6.07, 6.45) is 0. The van der Waals surface area contributed by atoms with Crippen molar-refractivity contribution < 1.29 is 23.8 Å². The van der Waals surface area contributed by atoms with Crippen molar-refractivity contribution in [2.45, 2.75) is 0 Å². The van der Waals surface area contributed by atoms with E-state index in [4.69, 9.17) is 14.2 Å². The van der Waals surface area contributed by atoms with Crippen molar-refractivity contribution in [3.63, 3.8) is 0 Å². The summed E-state index contributed by atoms with van der Waals surface area (Å²) in [7, 11) is 3.03. The summed E-state index contributed by atoms with van der Waals surface area (Å²) in [5.74, 6) is 0.0592. The zero-order valence-corrected chi connectivity index (χ0v) is 15.3. The first-order valence-electron chi connectivity index (χ1n) is 6.98. The molecule has 0 spiro atoms. The minimum Gasteiger partial charge on any atom is -0.493 e. The average molecular weight is 441 g/mol. The van der Waals surface area contributed by atoms with E-state index in [0.29, 0.717) is 22.7 Å². The van der Waals surface area contributed by atoms with Gasteiger partial charge in [-0.2, -0.15) is 0 Å². The molecular formula is C17H16INO5. The van der Waals surface area contributed by atoms with Gasteiger partial charge in [-0.3, -0.25) is 4.79 Å². The van der Waals surface area contributed by atoms with Crippen LogP contribution in [0.4, 0.5) is 5.69 Å². The van der Waals surface area contributed by atoms with E-state index in [2.05, 4.69) is 27.9 Å². The Balaban J connectivity index is 1.92. The number of methoxy groups -OCH3 is 2. The minimum atomic E-state index is -0.545. The van der Waals surface area contributed by atoms with Crippen molar-refractivity contribution in [2.75, 3.05) is 26.1 Å². The zero-order chi connectivity index (χ0) is 17.5. The largest absolute Gasteiger partial charge is 0.493 e. The molecule has 0 bridgehead atoms. The number of benzene rings is 2. The quantitative estimate of drug-likeness (QED) is 0.551. The van der Waals surface area contributed by atoms with Gasteiger partial charge in [0.15, 0.2) is 18.1 Å². The number of carbonyl (C=O) groups is 2. The Hall–Kier alpha value is -2.29. The molecule has 0 heterocycles. The van der Waals surface area contributed by atoms with E-state index in [1.807, 2.05) is 6.07 Å². The summed E-state index contributed by atoms with van der Waals surface area (Å²) in [6, 6.07) is 11.9. The van der Waals surface area contributed by atoms with Crippen LogP contribution >= 0.6 is 22.6 Å². The summed E-state index contributed by atoms with van der Waals surface area (Å²) in [5, 5.41) is 2.63. The first-order valence-corrected chi connectivity index (χ1v) is 8.06. The Kier molecular flexibility index (Phi) is 6.42. The van der Waals surface area contributed by atoms with Crippen molar-refractivity contribution in [2.24, 2.45) is 0 Å². The number of hydrogen-bond acceptors (Lipinski definition) is 5.